The number of benzene rings is 3. The van der Waals surface area contributed by atoms with Crippen molar-refractivity contribution in [3.05, 3.63) is 167 Å². The van der Waals surface area contributed by atoms with E-state index < -0.39 is 0 Å². The molecule has 1 aliphatic heterocycles. The third kappa shape index (κ3) is 5.12. The normalized spacial score (nSPS) is 23.4. The van der Waals surface area contributed by atoms with Gasteiger partial charge < -0.3 is 4.90 Å². The largest absolute Gasteiger partial charge is 0.311 e. The Kier molecular flexibility index (Phi) is 7.83. The van der Waals surface area contributed by atoms with Crippen LogP contribution in [0.25, 0.3) is 11.1 Å². The molecule has 216 valence electrons. The van der Waals surface area contributed by atoms with E-state index in [0.717, 1.165) is 17.8 Å². The smallest absolute Gasteiger partial charge is 0.0464 e. The molecular formula is C41H41NS. The van der Waals surface area contributed by atoms with Crippen molar-refractivity contribution in [1.82, 2.24) is 0 Å². The second-order valence-corrected chi connectivity index (χ2v) is 13.4. The molecule has 43 heavy (non-hydrogen) atoms. The molecule has 2 unspecified atom stereocenters. The van der Waals surface area contributed by atoms with Crippen molar-refractivity contribution in [3.8, 4) is 11.1 Å². The topological polar surface area (TPSA) is 3.24 Å². The predicted octanol–water partition coefficient (Wildman–Crippen LogP) is 11.5. The first kappa shape index (κ1) is 29.1. The van der Waals surface area contributed by atoms with Gasteiger partial charge in [-0.05, 0) is 76.9 Å². The number of allylic oxidation sites excluding steroid dienone is 10. The lowest BCUT2D eigenvalue weighted by Gasteiger charge is -2.34. The van der Waals surface area contributed by atoms with Crippen LogP contribution in [0, 0.1) is 0 Å². The van der Waals surface area contributed by atoms with Gasteiger partial charge in [-0.25, -0.2) is 0 Å². The van der Waals surface area contributed by atoms with Gasteiger partial charge in [-0.1, -0.05) is 137 Å². The molecule has 2 atom stereocenters. The highest BCUT2D eigenvalue weighted by Gasteiger charge is 2.38. The first-order chi connectivity index (χ1) is 20.8. The van der Waals surface area contributed by atoms with Crippen molar-refractivity contribution in [2.24, 2.45) is 0 Å². The Morgan fingerprint density at radius 2 is 1.81 bits per heavy atom. The van der Waals surface area contributed by atoms with Crippen LogP contribution in [0.15, 0.2) is 150 Å². The number of thioether (sulfide) groups is 1. The van der Waals surface area contributed by atoms with Crippen LogP contribution in [0.3, 0.4) is 0 Å². The summed E-state index contributed by atoms with van der Waals surface area (Å²) in [5.41, 5.74) is 11.6. The van der Waals surface area contributed by atoms with Crippen molar-refractivity contribution in [1.29, 1.82) is 0 Å². The first-order valence-electron chi connectivity index (χ1n) is 15.3. The molecule has 0 spiro atoms. The van der Waals surface area contributed by atoms with Crippen LogP contribution in [-0.2, 0) is 10.8 Å². The fourth-order valence-electron chi connectivity index (χ4n) is 6.78. The zero-order valence-electron chi connectivity index (χ0n) is 26.0. The molecule has 1 nitrogen and oxygen atoms in total. The van der Waals surface area contributed by atoms with Crippen molar-refractivity contribution < 1.29 is 0 Å². The van der Waals surface area contributed by atoms with Crippen molar-refractivity contribution in [2.45, 2.75) is 62.7 Å². The van der Waals surface area contributed by atoms with Crippen LogP contribution >= 0.6 is 11.8 Å². The summed E-state index contributed by atoms with van der Waals surface area (Å²) in [6.07, 6.45) is 22.9. The second-order valence-electron chi connectivity index (χ2n) is 12.5. The second kappa shape index (κ2) is 11.6. The Morgan fingerprint density at radius 1 is 1.00 bits per heavy atom. The quantitative estimate of drug-likeness (QED) is 0.267. The fourth-order valence-corrected chi connectivity index (χ4v) is 7.81. The van der Waals surface area contributed by atoms with E-state index in [-0.39, 0.29) is 10.8 Å². The maximum Gasteiger partial charge on any atom is 0.0464 e. The Morgan fingerprint density at radius 3 is 2.53 bits per heavy atom. The highest BCUT2D eigenvalue weighted by molar-refractivity contribution is 8.02. The minimum absolute atomic E-state index is 0.0317. The third-order valence-corrected chi connectivity index (χ3v) is 10.2. The number of hydrogen-bond acceptors (Lipinski definition) is 2. The fraction of sp³-hybridized carbons (Fsp3) is 0.220. The molecule has 2 heteroatoms. The lowest BCUT2D eigenvalue weighted by atomic mass is 9.77. The summed E-state index contributed by atoms with van der Waals surface area (Å²) in [6.45, 7) is 15.5. The number of anilines is 1. The summed E-state index contributed by atoms with van der Waals surface area (Å²) >= 11 is 1.86. The summed E-state index contributed by atoms with van der Waals surface area (Å²) < 4.78 is 0. The van der Waals surface area contributed by atoms with E-state index in [9.17, 15) is 0 Å². The molecule has 0 bridgehead atoms. The summed E-state index contributed by atoms with van der Waals surface area (Å²) in [5.74, 6) is 0.374. The summed E-state index contributed by atoms with van der Waals surface area (Å²) in [4.78, 5) is 3.78. The van der Waals surface area contributed by atoms with Gasteiger partial charge >= 0.3 is 0 Å². The van der Waals surface area contributed by atoms with E-state index >= 15 is 0 Å². The van der Waals surface area contributed by atoms with Crippen LogP contribution in [0.5, 0.6) is 0 Å². The Bertz CT molecular complexity index is 1740. The van der Waals surface area contributed by atoms with E-state index in [0.29, 0.717) is 5.92 Å². The van der Waals surface area contributed by atoms with Gasteiger partial charge in [-0.15, -0.1) is 0 Å². The monoisotopic (exact) mass is 579 g/mol. The lowest BCUT2D eigenvalue weighted by molar-refractivity contribution is 0.595. The van der Waals surface area contributed by atoms with Crippen LogP contribution in [-0.4, -0.2) is 0 Å². The van der Waals surface area contributed by atoms with Crippen LogP contribution in [0.1, 0.15) is 69.2 Å². The summed E-state index contributed by atoms with van der Waals surface area (Å²) in [7, 11) is 0. The molecule has 3 aromatic rings. The molecule has 0 saturated carbocycles. The van der Waals surface area contributed by atoms with Crippen LogP contribution in [0.2, 0.25) is 0 Å². The van der Waals surface area contributed by atoms with Crippen LogP contribution < -0.4 is 4.90 Å². The van der Waals surface area contributed by atoms with Gasteiger partial charge in [0.2, 0.25) is 0 Å². The molecular weight excluding hydrogens is 539 g/mol. The number of rotatable bonds is 6. The summed E-state index contributed by atoms with van der Waals surface area (Å²) in [6, 6.07) is 22.6. The molecule has 3 aromatic carbocycles. The minimum atomic E-state index is -0.112. The van der Waals surface area contributed by atoms with Crippen molar-refractivity contribution in [3.63, 3.8) is 0 Å². The average Bonchev–Trinajstić information content (AvgIpc) is 3.23. The SMILES string of the molecule is C=C/C=C(\C=C/C)N(C1=CCC(C)(c2ccccc2)C=C1)c1ccc2c(c1)C(C)(C)c1ccc3c(c1-2)S/C=C\C=C/C3C. The maximum atomic E-state index is 4.05. The predicted molar refractivity (Wildman–Crippen MR) is 188 cm³/mol. The van der Waals surface area contributed by atoms with Gasteiger partial charge in [0.1, 0.15) is 0 Å². The van der Waals surface area contributed by atoms with E-state index in [2.05, 4.69) is 167 Å². The lowest BCUT2D eigenvalue weighted by Crippen LogP contribution is -2.26. The molecule has 0 saturated heterocycles. The molecule has 3 aliphatic rings. The molecule has 2 aliphatic carbocycles. The Hall–Kier alpha value is -4.01. The molecule has 6 rings (SSSR count). The highest BCUT2D eigenvalue weighted by Crippen LogP contribution is 2.55. The third-order valence-electron chi connectivity index (χ3n) is 9.26. The van der Waals surface area contributed by atoms with E-state index in [1.165, 1.54) is 44.0 Å². The van der Waals surface area contributed by atoms with Crippen LogP contribution in [0.4, 0.5) is 5.69 Å². The van der Waals surface area contributed by atoms with E-state index in [4.69, 9.17) is 0 Å². The first-order valence-corrected chi connectivity index (χ1v) is 16.2. The zero-order chi connectivity index (χ0) is 30.2. The average molecular weight is 580 g/mol. The van der Waals surface area contributed by atoms with Gasteiger partial charge in [0.15, 0.2) is 0 Å². The van der Waals surface area contributed by atoms with Gasteiger partial charge in [0.25, 0.3) is 0 Å². The minimum Gasteiger partial charge on any atom is -0.311 e. The van der Waals surface area contributed by atoms with Crippen molar-refractivity contribution >= 4 is 17.4 Å². The van der Waals surface area contributed by atoms with Gasteiger partial charge in [-0.2, -0.15) is 0 Å². The number of nitrogens with zero attached hydrogens (tertiary/aromatic N) is 1. The zero-order valence-corrected chi connectivity index (χ0v) is 26.8. The molecule has 0 N–H and O–H groups in total. The van der Waals surface area contributed by atoms with E-state index in [1.54, 1.807) is 0 Å². The molecule has 0 fully saturated rings. The van der Waals surface area contributed by atoms with Gasteiger partial charge in [0, 0.05) is 44.3 Å². The van der Waals surface area contributed by atoms with Gasteiger partial charge in [0.05, 0.1) is 0 Å². The standard InChI is InChI=1S/C41H41NS/c1-7-14-31(15-8-2)42(32-23-25-41(6,26-24-32)30-17-10-9-11-18-30)33-19-20-35-37(28-33)40(4,5)36-22-21-34-29(3)16-12-13-27-43-39(34)38(35)36/h7-25,27-29H,1,26H2,2-6H3/b15-8-,16-12-,27-13-,31-14+. The molecule has 0 amide bonds. The highest BCUT2D eigenvalue weighted by atomic mass is 32.2. The molecule has 1 heterocycles. The molecule has 0 aromatic heterocycles. The Labute approximate surface area is 262 Å². The van der Waals surface area contributed by atoms with E-state index in [1.807, 2.05) is 17.8 Å². The maximum absolute atomic E-state index is 4.05. The summed E-state index contributed by atoms with van der Waals surface area (Å²) in [5, 5.41) is 2.22. The number of fused-ring (bicyclic) bond motifs is 5. The Balaban J connectivity index is 1.47. The number of hydrogen-bond donors (Lipinski definition) is 0. The van der Waals surface area contributed by atoms with Gasteiger partial charge in [-0.3, -0.25) is 0 Å². The molecule has 0 radical (unpaired) electrons. The van der Waals surface area contributed by atoms with Crippen molar-refractivity contribution in [2.75, 3.05) is 4.90 Å².